The van der Waals surface area contributed by atoms with E-state index in [-0.39, 0.29) is 16.7 Å². The van der Waals surface area contributed by atoms with Crippen molar-refractivity contribution in [1.29, 1.82) is 0 Å². The van der Waals surface area contributed by atoms with Crippen LogP contribution in [-0.2, 0) is 14.8 Å². The minimum Gasteiger partial charge on any atom is -0.330 e. The number of sulfonamides is 1. The number of hydrogen-bond acceptors (Lipinski definition) is 4. The number of aryl methyl sites for hydroxylation is 1. The number of hydrogen-bond donors (Lipinski definition) is 3. The second-order valence-electron chi connectivity index (χ2n) is 4.93. The van der Waals surface area contributed by atoms with Crippen LogP contribution >= 0.6 is 0 Å². The molecule has 20 heavy (non-hydrogen) atoms. The lowest BCUT2D eigenvalue weighted by Gasteiger charge is -2.15. The molecule has 0 fully saturated rings. The summed E-state index contributed by atoms with van der Waals surface area (Å²) in [4.78, 5) is 12.0. The first kappa shape index (κ1) is 16.6. The molecule has 1 amide bonds. The van der Waals surface area contributed by atoms with E-state index in [4.69, 9.17) is 10.9 Å². The second-order valence-corrected chi connectivity index (χ2v) is 6.49. The highest BCUT2D eigenvalue weighted by atomic mass is 32.2. The Hall–Kier alpha value is -1.44. The van der Waals surface area contributed by atoms with Gasteiger partial charge in [-0.05, 0) is 50.1 Å². The van der Waals surface area contributed by atoms with Gasteiger partial charge < -0.3 is 11.1 Å². The highest BCUT2D eigenvalue weighted by Crippen LogP contribution is 2.24. The number of nitrogens with one attached hydrogen (secondary N) is 1. The van der Waals surface area contributed by atoms with Crippen molar-refractivity contribution in [3.8, 4) is 0 Å². The number of benzene rings is 1. The summed E-state index contributed by atoms with van der Waals surface area (Å²) in [6, 6.07) is 2.87. The zero-order valence-electron chi connectivity index (χ0n) is 11.9. The third kappa shape index (κ3) is 4.03. The van der Waals surface area contributed by atoms with Crippen LogP contribution in [0.2, 0.25) is 0 Å². The van der Waals surface area contributed by atoms with Crippen LogP contribution in [0.1, 0.15) is 24.5 Å². The van der Waals surface area contributed by atoms with Crippen molar-refractivity contribution < 1.29 is 13.2 Å². The minimum atomic E-state index is -3.80. The van der Waals surface area contributed by atoms with E-state index >= 15 is 0 Å². The lowest BCUT2D eigenvalue weighted by molar-refractivity contribution is -0.119. The summed E-state index contributed by atoms with van der Waals surface area (Å²) in [6.07, 6.45) is 0.568. The number of nitrogens with two attached hydrogens (primary N) is 2. The molecule has 5 N–H and O–H groups in total. The van der Waals surface area contributed by atoms with Gasteiger partial charge in [0, 0.05) is 11.6 Å². The lowest BCUT2D eigenvalue weighted by Crippen LogP contribution is -2.23. The van der Waals surface area contributed by atoms with E-state index in [2.05, 4.69) is 5.32 Å². The molecular weight excluding hydrogens is 278 g/mol. The first-order valence-corrected chi connectivity index (χ1v) is 7.86. The maximum absolute atomic E-state index is 12.0. The molecule has 0 spiro atoms. The molecule has 0 aliphatic heterocycles. The maximum atomic E-state index is 12.0. The molecule has 1 aromatic carbocycles. The average molecular weight is 299 g/mol. The highest BCUT2D eigenvalue weighted by Gasteiger charge is 2.16. The van der Waals surface area contributed by atoms with E-state index in [0.29, 0.717) is 18.7 Å². The summed E-state index contributed by atoms with van der Waals surface area (Å²) in [6.45, 7) is 5.77. The van der Waals surface area contributed by atoms with Gasteiger partial charge in [0.25, 0.3) is 0 Å². The molecule has 0 aliphatic rings. The quantitative estimate of drug-likeness (QED) is 0.748. The van der Waals surface area contributed by atoms with Gasteiger partial charge in [0.2, 0.25) is 15.9 Å². The molecule has 1 unspecified atom stereocenters. The fourth-order valence-corrected chi connectivity index (χ4v) is 2.38. The summed E-state index contributed by atoms with van der Waals surface area (Å²) < 4.78 is 22.8. The van der Waals surface area contributed by atoms with Gasteiger partial charge in [-0.3, -0.25) is 4.79 Å². The van der Waals surface area contributed by atoms with Gasteiger partial charge in [0.15, 0.2) is 0 Å². The van der Waals surface area contributed by atoms with Crippen molar-refractivity contribution in [2.24, 2.45) is 16.8 Å². The SMILES string of the molecule is Cc1cc(S(N)(=O)=O)cc(NC(=O)C(C)CCN)c1C. The van der Waals surface area contributed by atoms with Crippen molar-refractivity contribution in [1.82, 2.24) is 0 Å². The summed E-state index contributed by atoms with van der Waals surface area (Å²) in [7, 11) is -3.80. The predicted octanol–water partition coefficient (Wildman–Crippen LogP) is 0.874. The van der Waals surface area contributed by atoms with Crippen LogP contribution < -0.4 is 16.2 Å². The van der Waals surface area contributed by atoms with Gasteiger partial charge in [-0.2, -0.15) is 0 Å². The molecule has 0 saturated heterocycles. The molecular formula is C13H21N3O3S. The standard InChI is InChI=1S/C13H21N3O3S/c1-8(4-5-14)13(17)16-12-7-11(20(15,18)19)6-9(2)10(12)3/h6-8H,4-5,14H2,1-3H3,(H,16,17)(H2,15,18,19). The van der Waals surface area contributed by atoms with E-state index in [9.17, 15) is 13.2 Å². The largest absolute Gasteiger partial charge is 0.330 e. The number of rotatable bonds is 5. The second kappa shape index (κ2) is 6.34. The first-order chi connectivity index (χ1) is 9.16. The molecule has 0 heterocycles. The van der Waals surface area contributed by atoms with Crippen molar-refractivity contribution in [2.75, 3.05) is 11.9 Å². The summed E-state index contributed by atoms with van der Waals surface area (Å²) in [5.41, 5.74) is 7.44. The van der Waals surface area contributed by atoms with Crippen LogP contribution in [-0.4, -0.2) is 20.9 Å². The van der Waals surface area contributed by atoms with E-state index < -0.39 is 10.0 Å². The Bertz CT molecular complexity index is 612. The molecule has 0 aliphatic carbocycles. The zero-order chi connectivity index (χ0) is 15.5. The highest BCUT2D eigenvalue weighted by molar-refractivity contribution is 7.89. The minimum absolute atomic E-state index is 0.0117. The number of amides is 1. The van der Waals surface area contributed by atoms with E-state index in [1.165, 1.54) is 12.1 Å². The van der Waals surface area contributed by atoms with Crippen molar-refractivity contribution in [3.63, 3.8) is 0 Å². The van der Waals surface area contributed by atoms with Crippen LogP contribution in [0.5, 0.6) is 0 Å². The molecule has 6 nitrogen and oxygen atoms in total. The fraction of sp³-hybridized carbons (Fsp3) is 0.462. The van der Waals surface area contributed by atoms with Crippen LogP contribution in [0.4, 0.5) is 5.69 Å². The zero-order valence-corrected chi connectivity index (χ0v) is 12.8. The number of carbonyl (C=O) groups excluding carboxylic acids is 1. The van der Waals surface area contributed by atoms with Gasteiger partial charge >= 0.3 is 0 Å². The van der Waals surface area contributed by atoms with E-state index in [0.717, 1.165) is 11.1 Å². The molecule has 0 aromatic heterocycles. The number of carbonyl (C=O) groups is 1. The molecule has 1 atom stereocenters. The first-order valence-electron chi connectivity index (χ1n) is 6.31. The Balaban J connectivity index is 3.12. The molecule has 7 heteroatoms. The Morgan fingerprint density at radius 3 is 2.45 bits per heavy atom. The van der Waals surface area contributed by atoms with Gasteiger partial charge in [0.1, 0.15) is 0 Å². The Labute approximate surface area is 119 Å². The Morgan fingerprint density at radius 1 is 1.35 bits per heavy atom. The van der Waals surface area contributed by atoms with Crippen molar-refractivity contribution in [3.05, 3.63) is 23.3 Å². The molecule has 112 valence electrons. The number of anilines is 1. The number of primary sulfonamides is 1. The molecule has 0 bridgehead atoms. The molecule has 1 rings (SSSR count). The lowest BCUT2D eigenvalue weighted by atomic mass is 10.1. The van der Waals surface area contributed by atoms with Crippen LogP contribution in [0.15, 0.2) is 17.0 Å². The van der Waals surface area contributed by atoms with Crippen molar-refractivity contribution in [2.45, 2.75) is 32.1 Å². The summed E-state index contributed by atoms with van der Waals surface area (Å²) in [5, 5.41) is 7.86. The monoisotopic (exact) mass is 299 g/mol. The van der Waals surface area contributed by atoms with Crippen LogP contribution in [0.25, 0.3) is 0 Å². The van der Waals surface area contributed by atoms with Gasteiger partial charge in [-0.15, -0.1) is 0 Å². The molecule has 0 radical (unpaired) electrons. The Kier molecular flexibility index (Phi) is 5.27. The van der Waals surface area contributed by atoms with E-state index in [1.807, 2.05) is 6.92 Å². The van der Waals surface area contributed by atoms with Crippen molar-refractivity contribution >= 4 is 21.6 Å². The fourth-order valence-electron chi connectivity index (χ4n) is 1.76. The third-order valence-corrected chi connectivity index (χ3v) is 4.17. The normalized spacial score (nSPS) is 13.1. The van der Waals surface area contributed by atoms with Crippen LogP contribution in [0, 0.1) is 19.8 Å². The van der Waals surface area contributed by atoms with Crippen LogP contribution in [0.3, 0.4) is 0 Å². The predicted molar refractivity (Wildman–Crippen MR) is 78.8 cm³/mol. The Morgan fingerprint density at radius 2 is 1.95 bits per heavy atom. The van der Waals surface area contributed by atoms with Gasteiger partial charge in [0.05, 0.1) is 4.90 Å². The third-order valence-electron chi connectivity index (χ3n) is 3.27. The maximum Gasteiger partial charge on any atom is 0.238 e. The van der Waals surface area contributed by atoms with E-state index in [1.54, 1.807) is 13.8 Å². The molecule has 1 aromatic rings. The van der Waals surface area contributed by atoms with Gasteiger partial charge in [-0.25, -0.2) is 13.6 Å². The topological polar surface area (TPSA) is 115 Å². The van der Waals surface area contributed by atoms with Gasteiger partial charge in [-0.1, -0.05) is 6.92 Å². The smallest absolute Gasteiger partial charge is 0.238 e. The molecule has 0 saturated carbocycles. The summed E-state index contributed by atoms with van der Waals surface area (Å²) >= 11 is 0. The average Bonchev–Trinajstić information content (AvgIpc) is 2.33. The summed E-state index contributed by atoms with van der Waals surface area (Å²) in [5.74, 6) is -0.428.